The lowest BCUT2D eigenvalue weighted by Gasteiger charge is -1.95. The molecule has 0 aliphatic rings. The van der Waals surface area contributed by atoms with Gasteiger partial charge < -0.3 is 0 Å². The van der Waals surface area contributed by atoms with E-state index in [1.807, 2.05) is 58.9 Å². The molecule has 82 valence electrons. The molecule has 0 spiro atoms. The minimum atomic E-state index is 1.07. The highest BCUT2D eigenvalue weighted by Gasteiger charge is 1.90. The van der Waals surface area contributed by atoms with Crippen LogP contribution in [0, 0.1) is 6.92 Å². The fourth-order valence-corrected chi connectivity index (χ4v) is 1.17. The maximum atomic E-state index is 4.38. The molecule has 15 heavy (non-hydrogen) atoms. The first-order valence-electron chi connectivity index (χ1n) is 5.69. The molecule has 0 saturated carbocycles. The van der Waals surface area contributed by atoms with Gasteiger partial charge in [-0.15, -0.1) is 0 Å². The predicted molar refractivity (Wildman–Crippen MR) is 69.2 cm³/mol. The molecule has 0 bridgehead atoms. The fraction of sp³-hybridized carbons (Fsp3) is 0.357. The second-order valence-electron chi connectivity index (χ2n) is 2.65. The highest BCUT2D eigenvalue weighted by molar-refractivity contribution is 5.78. The molecule has 1 aromatic heterocycles. The molecule has 0 aliphatic carbocycles. The van der Waals surface area contributed by atoms with Gasteiger partial charge >= 0.3 is 0 Å². The van der Waals surface area contributed by atoms with Crippen LogP contribution in [-0.2, 0) is 0 Å². The molecule has 0 radical (unpaired) electrons. The summed E-state index contributed by atoms with van der Waals surface area (Å²) in [5.41, 5.74) is 2.15. The third kappa shape index (κ3) is 4.11. The van der Waals surface area contributed by atoms with E-state index >= 15 is 0 Å². The van der Waals surface area contributed by atoms with Crippen LogP contribution in [0.3, 0.4) is 0 Å². The summed E-state index contributed by atoms with van der Waals surface area (Å²) in [5, 5.41) is 1.21. The molecule has 0 amide bonds. The Morgan fingerprint density at radius 2 is 1.40 bits per heavy atom. The van der Waals surface area contributed by atoms with Crippen LogP contribution >= 0.6 is 0 Å². The van der Waals surface area contributed by atoms with Gasteiger partial charge in [-0.2, -0.15) is 0 Å². The van der Waals surface area contributed by atoms with Gasteiger partial charge in [0.15, 0.2) is 0 Å². The van der Waals surface area contributed by atoms with E-state index in [9.17, 15) is 0 Å². The first kappa shape index (κ1) is 13.6. The zero-order valence-electron chi connectivity index (χ0n) is 10.4. The topological polar surface area (TPSA) is 12.9 Å². The van der Waals surface area contributed by atoms with E-state index in [-0.39, 0.29) is 0 Å². The van der Waals surface area contributed by atoms with Crippen LogP contribution in [0.1, 0.15) is 33.4 Å². The Balaban J connectivity index is 0.000000442. The average Bonchev–Trinajstić information content (AvgIpc) is 2.34. The Kier molecular flexibility index (Phi) is 7.25. The maximum Gasteiger partial charge on any atom is 0.0705 e. The number of aryl methyl sites for hydroxylation is 1. The van der Waals surface area contributed by atoms with Gasteiger partial charge in [0.1, 0.15) is 0 Å². The van der Waals surface area contributed by atoms with Crippen molar-refractivity contribution < 1.29 is 0 Å². The van der Waals surface area contributed by atoms with Crippen molar-refractivity contribution >= 4 is 10.9 Å². The normalized spacial score (nSPS) is 8.33. The van der Waals surface area contributed by atoms with Crippen LogP contribution in [0.5, 0.6) is 0 Å². The smallest absolute Gasteiger partial charge is 0.0705 e. The summed E-state index contributed by atoms with van der Waals surface area (Å²) in [7, 11) is 0. The minimum absolute atomic E-state index is 1.07. The summed E-state index contributed by atoms with van der Waals surface area (Å²) >= 11 is 0. The lowest BCUT2D eigenvalue weighted by molar-refractivity contribution is 1.26. The monoisotopic (exact) mass is 203 g/mol. The van der Waals surface area contributed by atoms with Crippen molar-refractivity contribution in [1.82, 2.24) is 4.98 Å². The molecule has 0 N–H and O–H groups in total. The number of para-hydroxylation sites is 1. The fourth-order valence-electron chi connectivity index (χ4n) is 1.17. The standard InChI is InChI=1S/C10H9N.2C2H6/c1-8-6-7-9-4-2-3-5-10(9)11-8;2*1-2/h2-7H,1H3;2*1-2H3. The van der Waals surface area contributed by atoms with Crippen molar-refractivity contribution in [2.75, 3.05) is 0 Å². The van der Waals surface area contributed by atoms with Gasteiger partial charge in [-0.25, -0.2) is 0 Å². The van der Waals surface area contributed by atoms with Crippen molar-refractivity contribution in [2.24, 2.45) is 0 Å². The number of aromatic nitrogens is 1. The number of hydrogen-bond donors (Lipinski definition) is 0. The molecule has 0 saturated heterocycles. The molecule has 2 aromatic rings. The van der Waals surface area contributed by atoms with E-state index in [0.29, 0.717) is 0 Å². The Morgan fingerprint density at radius 1 is 0.800 bits per heavy atom. The molecule has 0 atom stereocenters. The van der Waals surface area contributed by atoms with Crippen molar-refractivity contribution in [2.45, 2.75) is 34.6 Å². The van der Waals surface area contributed by atoms with Crippen molar-refractivity contribution in [3.8, 4) is 0 Å². The first-order chi connectivity index (χ1) is 7.36. The molecular formula is C14H21N. The SMILES string of the molecule is CC.CC.Cc1ccc2ccccc2n1. The number of hydrogen-bond acceptors (Lipinski definition) is 1. The second-order valence-corrected chi connectivity index (χ2v) is 2.65. The molecule has 1 heteroatoms. The van der Waals surface area contributed by atoms with Gasteiger partial charge in [-0.1, -0.05) is 52.0 Å². The van der Waals surface area contributed by atoms with E-state index in [1.54, 1.807) is 0 Å². The van der Waals surface area contributed by atoms with Crippen molar-refractivity contribution in [3.63, 3.8) is 0 Å². The summed E-state index contributed by atoms with van der Waals surface area (Å²) in [6, 6.07) is 12.3. The second kappa shape index (κ2) is 7.98. The predicted octanol–water partition coefficient (Wildman–Crippen LogP) is 4.60. The molecule has 2 rings (SSSR count). The quantitative estimate of drug-likeness (QED) is 0.610. The number of rotatable bonds is 0. The largest absolute Gasteiger partial charge is 0.253 e. The molecule has 0 unspecified atom stereocenters. The van der Waals surface area contributed by atoms with E-state index in [1.165, 1.54) is 5.39 Å². The van der Waals surface area contributed by atoms with Crippen LogP contribution in [0.15, 0.2) is 36.4 Å². The zero-order valence-corrected chi connectivity index (χ0v) is 10.4. The summed E-state index contributed by atoms with van der Waals surface area (Å²) < 4.78 is 0. The first-order valence-corrected chi connectivity index (χ1v) is 5.69. The number of fused-ring (bicyclic) bond motifs is 1. The van der Waals surface area contributed by atoms with E-state index < -0.39 is 0 Å². The Morgan fingerprint density at radius 3 is 2.07 bits per heavy atom. The van der Waals surface area contributed by atoms with E-state index in [4.69, 9.17) is 0 Å². The summed E-state index contributed by atoms with van der Waals surface area (Å²) in [6.07, 6.45) is 0. The molecule has 1 nitrogen and oxygen atoms in total. The van der Waals surface area contributed by atoms with Gasteiger partial charge in [-0.05, 0) is 19.1 Å². The Hall–Kier alpha value is -1.37. The third-order valence-corrected chi connectivity index (χ3v) is 1.74. The number of nitrogens with zero attached hydrogens (tertiary/aromatic N) is 1. The Labute approximate surface area is 93.2 Å². The van der Waals surface area contributed by atoms with E-state index in [2.05, 4.69) is 17.1 Å². The molecule has 1 heterocycles. The van der Waals surface area contributed by atoms with Gasteiger partial charge in [0, 0.05) is 11.1 Å². The highest BCUT2D eigenvalue weighted by Crippen LogP contribution is 2.10. The molecule has 1 aromatic carbocycles. The summed E-state index contributed by atoms with van der Waals surface area (Å²) in [6.45, 7) is 10.0. The maximum absolute atomic E-state index is 4.38. The third-order valence-electron chi connectivity index (χ3n) is 1.74. The van der Waals surface area contributed by atoms with Crippen molar-refractivity contribution in [1.29, 1.82) is 0 Å². The minimum Gasteiger partial charge on any atom is -0.253 e. The highest BCUT2D eigenvalue weighted by atomic mass is 14.7. The summed E-state index contributed by atoms with van der Waals surface area (Å²) in [5.74, 6) is 0. The van der Waals surface area contributed by atoms with Crippen LogP contribution in [0.25, 0.3) is 10.9 Å². The average molecular weight is 203 g/mol. The molecular weight excluding hydrogens is 182 g/mol. The number of benzene rings is 1. The molecule has 0 aliphatic heterocycles. The van der Waals surface area contributed by atoms with Gasteiger partial charge in [0.2, 0.25) is 0 Å². The van der Waals surface area contributed by atoms with E-state index in [0.717, 1.165) is 11.2 Å². The van der Waals surface area contributed by atoms with Crippen LogP contribution in [0.2, 0.25) is 0 Å². The van der Waals surface area contributed by atoms with Gasteiger partial charge in [0.25, 0.3) is 0 Å². The van der Waals surface area contributed by atoms with Crippen LogP contribution in [-0.4, -0.2) is 4.98 Å². The van der Waals surface area contributed by atoms with Crippen LogP contribution < -0.4 is 0 Å². The van der Waals surface area contributed by atoms with Gasteiger partial charge in [0.05, 0.1) is 5.52 Å². The number of pyridine rings is 1. The van der Waals surface area contributed by atoms with Gasteiger partial charge in [-0.3, -0.25) is 4.98 Å². The lowest BCUT2D eigenvalue weighted by atomic mass is 10.2. The van der Waals surface area contributed by atoms with Crippen molar-refractivity contribution in [3.05, 3.63) is 42.1 Å². The summed E-state index contributed by atoms with van der Waals surface area (Å²) in [4.78, 5) is 4.38. The zero-order chi connectivity index (χ0) is 11.7. The Bertz CT molecular complexity index is 380. The molecule has 0 fully saturated rings. The lowest BCUT2D eigenvalue weighted by Crippen LogP contribution is -1.80. The van der Waals surface area contributed by atoms with Crippen LogP contribution in [0.4, 0.5) is 0 Å².